The topological polar surface area (TPSA) is 84.5 Å². The van der Waals surface area contributed by atoms with Crippen LogP contribution in [-0.4, -0.2) is 20.9 Å². The van der Waals surface area contributed by atoms with Crippen LogP contribution in [0.3, 0.4) is 0 Å². The van der Waals surface area contributed by atoms with Crippen LogP contribution >= 0.6 is 0 Å². The normalized spacial score (nSPS) is 11.2. The van der Waals surface area contributed by atoms with Crippen LogP contribution in [0.1, 0.15) is 16.7 Å². The molecule has 0 aliphatic rings. The Hall–Kier alpha value is -3.53. The smallest absolute Gasteiger partial charge is 0.262 e. The maximum Gasteiger partial charge on any atom is 0.262 e. The van der Waals surface area contributed by atoms with Crippen molar-refractivity contribution in [1.82, 2.24) is 0 Å². The summed E-state index contributed by atoms with van der Waals surface area (Å²) in [6.07, 6.45) is 0. The van der Waals surface area contributed by atoms with Gasteiger partial charge < -0.3 is 10.1 Å². The summed E-state index contributed by atoms with van der Waals surface area (Å²) in [5, 5.41) is 2.09. The third-order valence-corrected chi connectivity index (χ3v) is 6.26. The second kappa shape index (κ2) is 9.53. The van der Waals surface area contributed by atoms with Gasteiger partial charge in [-0.3, -0.25) is 9.52 Å². The van der Waals surface area contributed by atoms with Crippen LogP contribution in [0.5, 0.6) is 5.75 Å². The van der Waals surface area contributed by atoms with Gasteiger partial charge in [-0.05, 0) is 79.9 Å². The van der Waals surface area contributed by atoms with Crippen molar-refractivity contribution in [3.63, 3.8) is 0 Å². The Morgan fingerprint density at radius 3 is 2.27 bits per heavy atom. The maximum absolute atomic E-state index is 13.7. The zero-order chi connectivity index (χ0) is 24.3. The number of amides is 1. The molecule has 0 heterocycles. The van der Waals surface area contributed by atoms with Crippen LogP contribution < -0.4 is 14.8 Å². The molecule has 0 radical (unpaired) electrons. The van der Waals surface area contributed by atoms with Crippen molar-refractivity contribution in [2.75, 3.05) is 16.6 Å². The number of halogens is 3. The van der Waals surface area contributed by atoms with Crippen LogP contribution in [0.15, 0.2) is 53.4 Å². The molecule has 0 bridgehead atoms. The Bertz CT molecular complexity index is 1330. The molecule has 174 valence electrons. The fourth-order valence-electron chi connectivity index (χ4n) is 2.92. The standard InChI is InChI=1S/C23H21F3N2O4S/c1-13-4-5-16(10-14(13)2)28-33(30,31)17-6-9-20(15(3)11-17)32-12-21(29)27-19-8-7-18(24)22(25)23(19)26/h4-11,28H,12H2,1-3H3,(H,27,29). The summed E-state index contributed by atoms with van der Waals surface area (Å²) < 4.78 is 73.2. The fourth-order valence-corrected chi connectivity index (χ4v) is 4.06. The first-order valence-corrected chi connectivity index (χ1v) is 11.2. The fraction of sp³-hybridized carbons (Fsp3) is 0.174. The molecule has 10 heteroatoms. The highest BCUT2D eigenvalue weighted by Gasteiger charge is 2.18. The van der Waals surface area contributed by atoms with E-state index in [1.165, 1.54) is 18.2 Å². The van der Waals surface area contributed by atoms with E-state index in [2.05, 4.69) is 10.0 Å². The molecular formula is C23H21F3N2O4S. The van der Waals surface area contributed by atoms with Gasteiger partial charge in [0.05, 0.1) is 10.6 Å². The highest BCUT2D eigenvalue weighted by Crippen LogP contribution is 2.25. The van der Waals surface area contributed by atoms with Gasteiger partial charge in [0.15, 0.2) is 24.1 Å². The Kier molecular flexibility index (Phi) is 6.97. The number of sulfonamides is 1. The third-order valence-electron chi connectivity index (χ3n) is 4.88. The summed E-state index contributed by atoms with van der Waals surface area (Å²) in [6, 6.07) is 10.9. The summed E-state index contributed by atoms with van der Waals surface area (Å²) in [7, 11) is -3.86. The molecule has 0 spiro atoms. The Morgan fingerprint density at radius 1 is 0.879 bits per heavy atom. The number of ether oxygens (including phenoxy) is 1. The second-order valence-electron chi connectivity index (χ2n) is 7.39. The van der Waals surface area contributed by atoms with Crippen molar-refractivity contribution < 1.29 is 31.1 Å². The lowest BCUT2D eigenvalue weighted by molar-refractivity contribution is -0.118. The summed E-state index contributed by atoms with van der Waals surface area (Å²) in [4.78, 5) is 12.0. The monoisotopic (exact) mass is 478 g/mol. The Morgan fingerprint density at radius 2 is 1.61 bits per heavy atom. The van der Waals surface area contributed by atoms with Crippen molar-refractivity contribution in [2.45, 2.75) is 25.7 Å². The van der Waals surface area contributed by atoms with Crippen LogP contribution in [-0.2, 0) is 14.8 Å². The van der Waals surface area contributed by atoms with Crippen molar-refractivity contribution in [1.29, 1.82) is 0 Å². The van der Waals surface area contributed by atoms with Gasteiger partial charge in [0, 0.05) is 5.69 Å². The number of aryl methyl sites for hydroxylation is 3. The lowest BCUT2D eigenvalue weighted by atomic mass is 10.1. The largest absolute Gasteiger partial charge is 0.483 e. The minimum atomic E-state index is -3.86. The van der Waals surface area contributed by atoms with Gasteiger partial charge in [0.2, 0.25) is 0 Å². The molecule has 0 saturated heterocycles. The molecular weight excluding hydrogens is 457 g/mol. The van der Waals surface area contributed by atoms with Gasteiger partial charge in [-0.1, -0.05) is 6.07 Å². The first-order chi connectivity index (χ1) is 15.5. The molecule has 3 rings (SSSR count). The van der Waals surface area contributed by atoms with Crippen LogP contribution in [0.4, 0.5) is 24.5 Å². The van der Waals surface area contributed by atoms with E-state index in [4.69, 9.17) is 4.74 Å². The van der Waals surface area contributed by atoms with Gasteiger partial charge in [-0.25, -0.2) is 21.6 Å². The zero-order valence-electron chi connectivity index (χ0n) is 18.0. The van der Waals surface area contributed by atoms with Gasteiger partial charge in [0.1, 0.15) is 5.75 Å². The molecule has 0 fully saturated rings. The van der Waals surface area contributed by atoms with Gasteiger partial charge >= 0.3 is 0 Å². The van der Waals surface area contributed by atoms with Crippen molar-refractivity contribution in [2.24, 2.45) is 0 Å². The number of carbonyl (C=O) groups excluding carboxylic acids is 1. The number of anilines is 2. The van der Waals surface area contributed by atoms with Crippen molar-refractivity contribution in [3.8, 4) is 5.75 Å². The molecule has 0 saturated carbocycles. The molecule has 0 aliphatic heterocycles. The van der Waals surface area contributed by atoms with E-state index in [1.54, 1.807) is 19.1 Å². The third kappa shape index (κ3) is 5.64. The predicted octanol–water partition coefficient (Wildman–Crippen LogP) is 4.85. The van der Waals surface area contributed by atoms with Crippen molar-refractivity contribution in [3.05, 3.63) is 82.7 Å². The molecule has 1 amide bonds. The molecule has 0 aliphatic carbocycles. The average molecular weight is 478 g/mol. The van der Waals surface area contributed by atoms with Crippen LogP contribution in [0.25, 0.3) is 0 Å². The quantitative estimate of drug-likeness (QED) is 0.476. The van der Waals surface area contributed by atoms with E-state index in [-0.39, 0.29) is 10.6 Å². The van der Waals surface area contributed by atoms with Crippen LogP contribution in [0.2, 0.25) is 0 Å². The second-order valence-corrected chi connectivity index (χ2v) is 9.07. The molecule has 0 aromatic heterocycles. The first-order valence-electron chi connectivity index (χ1n) is 9.75. The van der Waals surface area contributed by atoms with Gasteiger partial charge in [0.25, 0.3) is 15.9 Å². The highest BCUT2D eigenvalue weighted by molar-refractivity contribution is 7.92. The molecule has 3 aromatic rings. The summed E-state index contributed by atoms with van der Waals surface area (Å²) in [5.74, 6) is -5.19. The number of hydrogen-bond acceptors (Lipinski definition) is 4. The van der Waals surface area contributed by atoms with E-state index in [0.717, 1.165) is 17.2 Å². The minimum Gasteiger partial charge on any atom is -0.483 e. The van der Waals surface area contributed by atoms with E-state index in [1.807, 2.05) is 19.9 Å². The Balaban J connectivity index is 1.67. The molecule has 0 atom stereocenters. The number of benzene rings is 3. The first kappa shape index (κ1) is 24.1. The van der Waals surface area contributed by atoms with Gasteiger partial charge in [-0.15, -0.1) is 0 Å². The van der Waals surface area contributed by atoms with E-state index >= 15 is 0 Å². The molecule has 2 N–H and O–H groups in total. The summed E-state index contributed by atoms with van der Waals surface area (Å²) >= 11 is 0. The lowest BCUT2D eigenvalue weighted by Crippen LogP contribution is -2.21. The maximum atomic E-state index is 13.7. The van der Waals surface area contributed by atoms with Crippen LogP contribution in [0, 0.1) is 38.2 Å². The lowest BCUT2D eigenvalue weighted by Gasteiger charge is -2.13. The number of carbonyl (C=O) groups is 1. The Labute approximate surface area is 189 Å². The van der Waals surface area contributed by atoms with E-state index in [0.29, 0.717) is 17.3 Å². The molecule has 0 unspecified atom stereocenters. The number of nitrogens with one attached hydrogen (secondary N) is 2. The zero-order valence-corrected chi connectivity index (χ0v) is 18.8. The summed E-state index contributed by atoms with van der Waals surface area (Å²) in [6.45, 7) is 4.83. The summed E-state index contributed by atoms with van der Waals surface area (Å²) in [5.41, 5.74) is 2.31. The van der Waals surface area contributed by atoms with E-state index < -0.39 is 45.7 Å². The molecule has 33 heavy (non-hydrogen) atoms. The minimum absolute atomic E-state index is 0.00103. The SMILES string of the molecule is Cc1ccc(NS(=O)(=O)c2ccc(OCC(=O)Nc3ccc(F)c(F)c3F)c(C)c2)cc1C. The average Bonchev–Trinajstić information content (AvgIpc) is 2.75. The predicted molar refractivity (Wildman–Crippen MR) is 118 cm³/mol. The number of hydrogen-bond donors (Lipinski definition) is 2. The molecule has 3 aromatic carbocycles. The van der Waals surface area contributed by atoms with E-state index in [9.17, 15) is 26.4 Å². The van der Waals surface area contributed by atoms with Crippen molar-refractivity contribution >= 4 is 27.3 Å². The van der Waals surface area contributed by atoms with Gasteiger partial charge in [-0.2, -0.15) is 0 Å². The number of rotatable bonds is 7. The highest BCUT2D eigenvalue weighted by atomic mass is 32.2. The molecule has 6 nitrogen and oxygen atoms in total.